The van der Waals surface area contributed by atoms with Gasteiger partial charge in [0.15, 0.2) is 0 Å². The van der Waals surface area contributed by atoms with Gasteiger partial charge in [-0.05, 0) is 37.1 Å². The zero-order valence-corrected chi connectivity index (χ0v) is 11.5. The smallest absolute Gasteiger partial charge is 0.253 e. The highest BCUT2D eigenvalue weighted by Crippen LogP contribution is 2.27. The predicted octanol–water partition coefficient (Wildman–Crippen LogP) is 2.09. The monoisotopic (exact) mass is 269 g/mol. The molecule has 2 fully saturated rings. The van der Waals surface area contributed by atoms with Gasteiger partial charge in [0, 0.05) is 54.9 Å². The fourth-order valence-electron chi connectivity index (χ4n) is 3.10. The SMILES string of the molecule is O=C(c1ccc2[nH]ccc2c1)N1CCN(C2CC2)CC1. The van der Waals surface area contributed by atoms with Gasteiger partial charge in [-0.15, -0.1) is 0 Å². The summed E-state index contributed by atoms with van der Waals surface area (Å²) >= 11 is 0. The number of fused-ring (bicyclic) bond motifs is 1. The van der Waals surface area contributed by atoms with Crippen LogP contribution in [-0.4, -0.2) is 52.9 Å². The van der Waals surface area contributed by atoms with Crippen LogP contribution >= 0.6 is 0 Å². The van der Waals surface area contributed by atoms with Crippen LogP contribution in [0.15, 0.2) is 30.5 Å². The molecule has 1 aromatic heterocycles. The van der Waals surface area contributed by atoms with Crippen LogP contribution in [0.5, 0.6) is 0 Å². The molecule has 4 heteroatoms. The number of hydrogen-bond acceptors (Lipinski definition) is 2. The summed E-state index contributed by atoms with van der Waals surface area (Å²) in [6.45, 7) is 3.78. The number of H-pyrrole nitrogens is 1. The van der Waals surface area contributed by atoms with Gasteiger partial charge in [-0.2, -0.15) is 0 Å². The minimum atomic E-state index is 0.170. The topological polar surface area (TPSA) is 39.3 Å². The van der Waals surface area contributed by atoms with Gasteiger partial charge in [-0.1, -0.05) is 0 Å². The molecule has 2 aliphatic rings. The molecule has 1 saturated carbocycles. The fourth-order valence-corrected chi connectivity index (χ4v) is 3.10. The quantitative estimate of drug-likeness (QED) is 0.906. The van der Waals surface area contributed by atoms with Crippen molar-refractivity contribution < 1.29 is 4.79 Å². The van der Waals surface area contributed by atoms with E-state index in [9.17, 15) is 4.79 Å². The Morgan fingerprint density at radius 1 is 1.10 bits per heavy atom. The average molecular weight is 269 g/mol. The van der Waals surface area contributed by atoms with E-state index < -0.39 is 0 Å². The van der Waals surface area contributed by atoms with Gasteiger partial charge in [-0.25, -0.2) is 0 Å². The van der Waals surface area contributed by atoms with Crippen LogP contribution in [0.25, 0.3) is 10.9 Å². The molecule has 2 aromatic rings. The molecule has 104 valence electrons. The second kappa shape index (κ2) is 4.63. The molecule has 0 radical (unpaired) electrons. The third-order valence-corrected chi connectivity index (χ3v) is 4.46. The summed E-state index contributed by atoms with van der Waals surface area (Å²) in [5.41, 5.74) is 1.89. The zero-order chi connectivity index (χ0) is 13.5. The van der Waals surface area contributed by atoms with E-state index in [0.29, 0.717) is 0 Å². The molecule has 1 aromatic carbocycles. The van der Waals surface area contributed by atoms with Crippen molar-refractivity contribution in [2.24, 2.45) is 0 Å². The molecule has 1 amide bonds. The van der Waals surface area contributed by atoms with Crippen molar-refractivity contribution in [3.8, 4) is 0 Å². The van der Waals surface area contributed by atoms with E-state index in [4.69, 9.17) is 0 Å². The van der Waals surface area contributed by atoms with E-state index in [1.807, 2.05) is 35.4 Å². The number of piperazine rings is 1. The molecule has 1 aliphatic heterocycles. The number of nitrogens with zero attached hydrogens (tertiary/aromatic N) is 2. The highest BCUT2D eigenvalue weighted by atomic mass is 16.2. The van der Waals surface area contributed by atoms with Crippen LogP contribution in [0.1, 0.15) is 23.2 Å². The van der Waals surface area contributed by atoms with Crippen LogP contribution in [-0.2, 0) is 0 Å². The molecule has 20 heavy (non-hydrogen) atoms. The minimum absolute atomic E-state index is 0.170. The summed E-state index contributed by atoms with van der Waals surface area (Å²) in [5.74, 6) is 0.170. The summed E-state index contributed by atoms with van der Waals surface area (Å²) in [6, 6.07) is 8.72. The van der Waals surface area contributed by atoms with E-state index in [-0.39, 0.29) is 5.91 Å². The normalized spacial score (nSPS) is 20.5. The number of aromatic amines is 1. The van der Waals surface area contributed by atoms with E-state index >= 15 is 0 Å². The number of carbonyl (C=O) groups excluding carboxylic acids is 1. The van der Waals surface area contributed by atoms with Gasteiger partial charge in [0.25, 0.3) is 5.91 Å². The Morgan fingerprint density at radius 3 is 2.65 bits per heavy atom. The van der Waals surface area contributed by atoms with Gasteiger partial charge in [0.1, 0.15) is 0 Å². The number of rotatable bonds is 2. The highest BCUT2D eigenvalue weighted by Gasteiger charge is 2.32. The van der Waals surface area contributed by atoms with Crippen molar-refractivity contribution in [1.29, 1.82) is 0 Å². The molecule has 0 spiro atoms. The first kappa shape index (κ1) is 12.0. The van der Waals surface area contributed by atoms with Crippen LogP contribution in [0.4, 0.5) is 0 Å². The maximum Gasteiger partial charge on any atom is 0.253 e. The Kier molecular flexibility index (Phi) is 2.77. The van der Waals surface area contributed by atoms with Crippen molar-refractivity contribution in [3.05, 3.63) is 36.0 Å². The molecule has 0 atom stereocenters. The summed E-state index contributed by atoms with van der Waals surface area (Å²) in [6.07, 6.45) is 4.60. The number of hydrogen-bond donors (Lipinski definition) is 1. The van der Waals surface area contributed by atoms with Gasteiger partial charge in [-0.3, -0.25) is 9.69 Å². The van der Waals surface area contributed by atoms with E-state index in [2.05, 4.69) is 9.88 Å². The van der Waals surface area contributed by atoms with Crippen molar-refractivity contribution >= 4 is 16.8 Å². The number of nitrogens with one attached hydrogen (secondary N) is 1. The summed E-state index contributed by atoms with van der Waals surface area (Å²) in [5, 5.41) is 1.10. The fraction of sp³-hybridized carbons (Fsp3) is 0.438. The van der Waals surface area contributed by atoms with E-state index in [1.54, 1.807) is 0 Å². The van der Waals surface area contributed by atoms with Gasteiger partial charge in [0.2, 0.25) is 0 Å². The Morgan fingerprint density at radius 2 is 1.90 bits per heavy atom. The first-order valence-corrected chi connectivity index (χ1v) is 7.42. The van der Waals surface area contributed by atoms with Gasteiger partial charge >= 0.3 is 0 Å². The van der Waals surface area contributed by atoms with Crippen LogP contribution < -0.4 is 0 Å². The maximum atomic E-state index is 12.6. The average Bonchev–Trinajstić information content (AvgIpc) is 3.24. The van der Waals surface area contributed by atoms with Crippen molar-refractivity contribution in [3.63, 3.8) is 0 Å². The lowest BCUT2D eigenvalue weighted by molar-refractivity contribution is 0.0627. The third kappa shape index (κ3) is 2.10. The molecule has 0 unspecified atom stereocenters. The number of amides is 1. The molecule has 0 bridgehead atoms. The van der Waals surface area contributed by atoms with E-state index in [1.165, 1.54) is 12.8 Å². The Bertz CT molecular complexity index is 636. The maximum absolute atomic E-state index is 12.6. The summed E-state index contributed by atoms with van der Waals surface area (Å²) < 4.78 is 0. The van der Waals surface area contributed by atoms with Gasteiger partial charge in [0.05, 0.1) is 0 Å². The molecule has 4 rings (SSSR count). The van der Waals surface area contributed by atoms with Crippen LogP contribution in [0.2, 0.25) is 0 Å². The zero-order valence-electron chi connectivity index (χ0n) is 11.5. The molecular weight excluding hydrogens is 250 g/mol. The third-order valence-electron chi connectivity index (χ3n) is 4.46. The lowest BCUT2D eigenvalue weighted by Crippen LogP contribution is -2.49. The van der Waals surface area contributed by atoms with Crippen molar-refractivity contribution in [2.45, 2.75) is 18.9 Å². The standard InChI is InChI=1S/C16H19N3O/c20-16(13-1-4-15-12(11-13)5-6-17-15)19-9-7-18(8-10-19)14-2-3-14/h1,4-6,11,14,17H,2-3,7-10H2. The molecule has 1 saturated heterocycles. The number of carbonyl (C=O) groups is 1. The predicted molar refractivity (Wildman–Crippen MR) is 78.8 cm³/mol. The minimum Gasteiger partial charge on any atom is -0.361 e. The number of benzene rings is 1. The largest absolute Gasteiger partial charge is 0.361 e. The molecule has 1 N–H and O–H groups in total. The molecular formula is C16H19N3O. The van der Waals surface area contributed by atoms with Crippen LogP contribution in [0.3, 0.4) is 0 Å². The molecule has 1 aliphatic carbocycles. The second-order valence-corrected chi connectivity index (χ2v) is 5.84. The van der Waals surface area contributed by atoms with E-state index in [0.717, 1.165) is 48.7 Å². The first-order chi connectivity index (χ1) is 9.81. The van der Waals surface area contributed by atoms with Crippen molar-refractivity contribution in [1.82, 2.24) is 14.8 Å². The van der Waals surface area contributed by atoms with Crippen LogP contribution in [0, 0.1) is 0 Å². The summed E-state index contributed by atoms with van der Waals surface area (Å²) in [4.78, 5) is 20.2. The Balaban J connectivity index is 1.48. The lowest BCUT2D eigenvalue weighted by Gasteiger charge is -2.34. The highest BCUT2D eigenvalue weighted by molar-refractivity contribution is 5.98. The first-order valence-electron chi connectivity index (χ1n) is 7.42. The summed E-state index contributed by atoms with van der Waals surface area (Å²) in [7, 11) is 0. The lowest BCUT2D eigenvalue weighted by atomic mass is 10.1. The molecule has 2 heterocycles. The molecule has 4 nitrogen and oxygen atoms in total. The second-order valence-electron chi connectivity index (χ2n) is 5.84. The van der Waals surface area contributed by atoms with Gasteiger partial charge < -0.3 is 9.88 Å². The Hall–Kier alpha value is -1.81. The number of aromatic nitrogens is 1. The Labute approximate surface area is 118 Å². The van der Waals surface area contributed by atoms with Crippen molar-refractivity contribution in [2.75, 3.05) is 26.2 Å².